The average Bonchev–Trinajstić information content (AvgIpc) is 2.87. The number of H-pyrrole nitrogens is 1. The van der Waals surface area contributed by atoms with Crippen molar-refractivity contribution in [3.8, 4) is 5.75 Å². The molecule has 2 heterocycles. The van der Waals surface area contributed by atoms with E-state index in [2.05, 4.69) is 21.4 Å². The van der Waals surface area contributed by atoms with Crippen LogP contribution in [0.15, 0.2) is 18.3 Å². The van der Waals surface area contributed by atoms with E-state index in [-0.39, 0.29) is 0 Å². The second kappa shape index (κ2) is 6.04. The molecule has 1 fully saturated rings. The molecule has 0 spiro atoms. The first-order chi connectivity index (χ1) is 9.78. The molecule has 0 radical (unpaired) electrons. The molecule has 0 unspecified atom stereocenters. The molecule has 0 aliphatic carbocycles. The number of rotatable bonds is 4. The summed E-state index contributed by atoms with van der Waals surface area (Å²) in [5.74, 6) is 0.738. The van der Waals surface area contributed by atoms with E-state index in [9.17, 15) is 0 Å². The molecule has 0 atom stereocenters. The summed E-state index contributed by atoms with van der Waals surface area (Å²) in [5, 5.41) is 5.24. The highest BCUT2D eigenvalue weighted by molar-refractivity contribution is 6.32. The molecule has 3 rings (SSSR count). The van der Waals surface area contributed by atoms with Gasteiger partial charge in [-0.05, 0) is 24.1 Å². The van der Waals surface area contributed by atoms with E-state index in [1.54, 1.807) is 7.11 Å². The van der Waals surface area contributed by atoms with E-state index in [1.165, 1.54) is 10.9 Å². The van der Waals surface area contributed by atoms with Crippen LogP contribution in [0.1, 0.15) is 5.56 Å². The van der Waals surface area contributed by atoms with Gasteiger partial charge in [0.1, 0.15) is 5.75 Å². The molecule has 5 heteroatoms. The van der Waals surface area contributed by atoms with E-state index in [1.807, 2.05) is 12.1 Å². The van der Waals surface area contributed by atoms with Crippen LogP contribution in [0.3, 0.4) is 0 Å². The van der Waals surface area contributed by atoms with Gasteiger partial charge in [0.05, 0.1) is 12.1 Å². The SMILES string of the molecule is COc1cc2c(CCN3CCNCC3)c[nH]c2cc1Cl. The summed E-state index contributed by atoms with van der Waals surface area (Å²) in [6, 6.07) is 3.96. The summed E-state index contributed by atoms with van der Waals surface area (Å²) >= 11 is 6.15. The zero-order valence-corrected chi connectivity index (χ0v) is 12.5. The number of hydrogen-bond acceptors (Lipinski definition) is 3. The highest BCUT2D eigenvalue weighted by Gasteiger charge is 2.12. The molecule has 1 aliphatic rings. The summed E-state index contributed by atoms with van der Waals surface area (Å²) in [6.07, 6.45) is 3.13. The van der Waals surface area contributed by atoms with Gasteiger partial charge in [0.25, 0.3) is 0 Å². The van der Waals surface area contributed by atoms with Crippen molar-refractivity contribution in [2.45, 2.75) is 6.42 Å². The smallest absolute Gasteiger partial charge is 0.138 e. The number of aromatic nitrogens is 1. The number of ether oxygens (including phenoxy) is 1. The molecule has 20 heavy (non-hydrogen) atoms. The maximum atomic E-state index is 6.15. The number of halogens is 1. The van der Waals surface area contributed by atoms with Gasteiger partial charge in [-0.2, -0.15) is 0 Å². The van der Waals surface area contributed by atoms with Gasteiger partial charge in [-0.1, -0.05) is 11.6 Å². The summed E-state index contributed by atoms with van der Waals surface area (Å²) in [7, 11) is 1.65. The Kier molecular flexibility index (Phi) is 4.15. The molecule has 1 aromatic carbocycles. The number of hydrogen-bond donors (Lipinski definition) is 2. The van der Waals surface area contributed by atoms with Crippen molar-refractivity contribution >= 4 is 22.5 Å². The van der Waals surface area contributed by atoms with Crippen LogP contribution < -0.4 is 10.1 Å². The molecular formula is C15H20ClN3O. The zero-order valence-electron chi connectivity index (χ0n) is 11.7. The molecule has 1 aromatic heterocycles. The van der Waals surface area contributed by atoms with Gasteiger partial charge >= 0.3 is 0 Å². The standard InChI is InChI=1S/C15H20ClN3O/c1-20-15-8-12-11(10-18-14(12)9-13(15)16)2-5-19-6-3-17-4-7-19/h8-10,17-18H,2-7H2,1H3. The summed E-state index contributed by atoms with van der Waals surface area (Å²) in [5.41, 5.74) is 2.40. The third kappa shape index (κ3) is 2.77. The number of piperazine rings is 1. The van der Waals surface area contributed by atoms with Gasteiger partial charge in [0, 0.05) is 49.8 Å². The predicted molar refractivity (Wildman–Crippen MR) is 82.9 cm³/mol. The first-order valence-electron chi connectivity index (χ1n) is 7.04. The zero-order chi connectivity index (χ0) is 13.9. The van der Waals surface area contributed by atoms with Gasteiger partial charge in [-0.3, -0.25) is 0 Å². The summed E-state index contributed by atoms with van der Waals surface area (Å²) < 4.78 is 5.31. The number of nitrogens with one attached hydrogen (secondary N) is 2. The highest BCUT2D eigenvalue weighted by atomic mass is 35.5. The molecule has 108 valence electrons. The van der Waals surface area contributed by atoms with Crippen molar-refractivity contribution in [3.63, 3.8) is 0 Å². The fourth-order valence-corrected chi connectivity index (χ4v) is 3.00. The molecule has 0 bridgehead atoms. The molecule has 1 saturated heterocycles. The minimum Gasteiger partial charge on any atom is -0.495 e. The summed E-state index contributed by atoms with van der Waals surface area (Å²) in [6.45, 7) is 5.56. The lowest BCUT2D eigenvalue weighted by molar-refractivity contribution is 0.244. The Bertz CT molecular complexity index is 590. The van der Waals surface area contributed by atoms with Crippen molar-refractivity contribution < 1.29 is 4.74 Å². The first-order valence-corrected chi connectivity index (χ1v) is 7.42. The third-order valence-corrected chi connectivity index (χ3v) is 4.24. The molecule has 0 amide bonds. The molecule has 4 nitrogen and oxygen atoms in total. The van der Waals surface area contributed by atoms with Crippen LogP contribution in [0.4, 0.5) is 0 Å². The van der Waals surface area contributed by atoms with Gasteiger partial charge in [-0.15, -0.1) is 0 Å². The Morgan fingerprint density at radius 3 is 2.85 bits per heavy atom. The Labute approximate surface area is 124 Å². The van der Waals surface area contributed by atoms with Crippen LogP contribution in [0.2, 0.25) is 5.02 Å². The monoisotopic (exact) mass is 293 g/mol. The maximum absolute atomic E-state index is 6.15. The van der Waals surface area contributed by atoms with Gasteiger partial charge in [0.15, 0.2) is 0 Å². The Hall–Kier alpha value is -1.23. The fourth-order valence-electron chi connectivity index (χ4n) is 2.76. The molecule has 0 saturated carbocycles. The van der Waals surface area contributed by atoms with E-state index < -0.39 is 0 Å². The first kappa shape index (κ1) is 13.7. The quantitative estimate of drug-likeness (QED) is 0.908. The van der Waals surface area contributed by atoms with Crippen LogP contribution in [0.25, 0.3) is 10.9 Å². The second-order valence-corrected chi connectivity index (χ2v) is 5.60. The molecule has 2 aromatic rings. The number of methoxy groups -OCH3 is 1. The second-order valence-electron chi connectivity index (χ2n) is 5.19. The Morgan fingerprint density at radius 2 is 2.10 bits per heavy atom. The van der Waals surface area contributed by atoms with E-state index in [0.29, 0.717) is 5.02 Å². The molecule has 2 N–H and O–H groups in total. The normalized spacial score (nSPS) is 16.7. The van der Waals surface area contributed by atoms with Crippen molar-refractivity contribution in [2.75, 3.05) is 39.8 Å². The summed E-state index contributed by atoms with van der Waals surface area (Å²) in [4.78, 5) is 5.80. The van der Waals surface area contributed by atoms with Gasteiger partial charge < -0.3 is 19.9 Å². The minimum absolute atomic E-state index is 0.649. The van der Waals surface area contributed by atoms with E-state index in [4.69, 9.17) is 16.3 Å². The molecular weight excluding hydrogens is 274 g/mol. The lowest BCUT2D eigenvalue weighted by Crippen LogP contribution is -2.44. The average molecular weight is 294 g/mol. The Morgan fingerprint density at radius 1 is 1.30 bits per heavy atom. The largest absolute Gasteiger partial charge is 0.495 e. The molecule has 1 aliphatic heterocycles. The number of benzene rings is 1. The Balaban J connectivity index is 1.77. The number of fused-ring (bicyclic) bond motifs is 1. The third-order valence-electron chi connectivity index (χ3n) is 3.95. The van der Waals surface area contributed by atoms with Crippen LogP contribution in [0.5, 0.6) is 5.75 Å². The predicted octanol–water partition coefficient (Wildman–Crippen LogP) is 2.28. The van der Waals surface area contributed by atoms with Crippen molar-refractivity contribution in [1.29, 1.82) is 0 Å². The maximum Gasteiger partial charge on any atom is 0.138 e. The van der Waals surface area contributed by atoms with Crippen molar-refractivity contribution in [2.24, 2.45) is 0 Å². The highest BCUT2D eigenvalue weighted by Crippen LogP contribution is 2.31. The van der Waals surface area contributed by atoms with Crippen LogP contribution in [-0.4, -0.2) is 49.7 Å². The minimum atomic E-state index is 0.649. The van der Waals surface area contributed by atoms with Crippen LogP contribution in [-0.2, 0) is 6.42 Å². The fraction of sp³-hybridized carbons (Fsp3) is 0.467. The van der Waals surface area contributed by atoms with Crippen LogP contribution in [0, 0.1) is 0 Å². The van der Waals surface area contributed by atoms with E-state index >= 15 is 0 Å². The lowest BCUT2D eigenvalue weighted by Gasteiger charge is -2.26. The topological polar surface area (TPSA) is 40.3 Å². The van der Waals surface area contributed by atoms with Crippen molar-refractivity contribution in [1.82, 2.24) is 15.2 Å². The van der Waals surface area contributed by atoms with Crippen LogP contribution >= 0.6 is 11.6 Å². The lowest BCUT2D eigenvalue weighted by atomic mass is 10.1. The van der Waals surface area contributed by atoms with Crippen molar-refractivity contribution in [3.05, 3.63) is 28.9 Å². The van der Waals surface area contributed by atoms with Gasteiger partial charge in [0.2, 0.25) is 0 Å². The van der Waals surface area contributed by atoms with Gasteiger partial charge in [-0.25, -0.2) is 0 Å². The number of aromatic amines is 1. The van der Waals surface area contributed by atoms with E-state index in [0.717, 1.165) is 50.4 Å². The number of nitrogens with zero attached hydrogens (tertiary/aromatic N) is 1.